The van der Waals surface area contributed by atoms with Gasteiger partial charge < -0.3 is 0 Å². The largest absolute Gasteiger partial charge is 0.0622 e. The lowest BCUT2D eigenvalue weighted by Crippen LogP contribution is -2.10. The van der Waals surface area contributed by atoms with Gasteiger partial charge in [0.2, 0.25) is 0 Å². The molecule has 308 valence electrons. The highest BCUT2D eigenvalue weighted by atomic mass is 14.2. The fraction of sp³-hybridized carbons (Fsp3) is 0.0625. The molecule has 0 aliphatic heterocycles. The summed E-state index contributed by atoms with van der Waals surface area (Å²) in [6.07, 6.45) is 13.6. The van der Waals surface area contributed by atoms with Crippen LogP contribution in [0.4, 0.5) is 0 Å². The standard InChI is InChI=1S/C64H52/c1-64(2,3)57-41-39-55(40-42-57)63-46-56(38-36-47-28-32-49(33-29-47)44-61(51-18-8-4-9-19-51)52-20-10-5-11-21-52)58(59-26-16-17-27-60(59)63)43-37-48-30-34-50(35-31-48)45-62(53-22-12-6-13-23-53)54-24-14-7-15-25-54/h4-46H,1-3H3. The molecule has 0 amide bonds. The van der Waals surface area contributed by atoms with Gasteiger partial charge in [-0.2, -0.15) is 0 Å². The van der Waals surface area contributed by atoms with Crippen LogP contribution < -0.4 is 0 Å². The molecule has 0 atom stereocenters. The summed E-state index contributed by atoms with van der Waals surface area (Å²) < 4.78 is 0. The van der Waals surface area contributed by atoms with Gasteiger partial charge >= 0.3 is 0 Å². The van der Waals surface area contributed by atoms with Crippen LogP contribution in [0.3, 0.4) is 0 Å². The molecule has 0 nitrogen and oxygen atoms in total. The summed E-state index contributed by atoms with van der Waals surface area (Å²) in [4.78, 5) is 0. The first-order valence-corrected chi connectivity index (χ1v) is 22.2. The highest BCUT2D eigenvalue weighted by Crippen LogP contribution is 2.37. The molecule has 0 heteroatoms. The van der Waals surface area contributed by atoms with Gasteiger partial charge in [-0.1, -0.05) is 263 Å². The molecule has 0 heterocycles. The highest BCUT2D eigenvalue weighted by molar-refractivity contribution is 6.05. The van der Waals surface area contributed by atoms with Crippen molar-refractivity contribution in [1.82, 2.24) is 0 Å². The van der Waals surface area contributed by atoms with Gasteiger partial charge in [0.1, 0.15) is 0 Å². The van der Waals surface area contributed by atoms with E-state index < -0.39 is 0 Å². The Bertz CT molecular complexity index is 3000. The summed E-state index contributed by atoms with van der Waals surface area (Å²) >= 11 is 0. The van der Waals surface area contributed by atoms with Gasteiger partial charge in [-0.15, -0.1) is 0 Å². The molecular formula is C64H52. The van der Waals surface area contributed by atoms with Crippen LogP contribution in [0.25, 0.3) is 69.5 Å². The number of rotatable bonds is 11. The minimum Gasteiger partial charge on any atom is -0.0622 e. The van der Waals surface area contributed by atoms with E-state index in [2.05, 4.69) is 282 Å². The van der Waals surface area contributed by atoms with Gasteiger partial charge in [-0.3, -0.25) is 0 Å². The SMILES string of the molecule is CC(C)(C)c1ccc(-c2cc(C=Cc3ccc(C=C(c4ccccc4)c4ccccc4)cc3)c(C=Cc3ccc(C=C(c4ccccc4)c4ccccc4)cc3)c3ccccc23)cc1. The molecule has 0 aromatic heterocycles. The van der Waals surface area contributed by atoms with Crippen LogP contribution in [0.2, 0.25) is 0 Å². The van der Waals surface area contributed by atoms with Gasteiger partial charge in [0.05, 0.1) is 0 Å². The third kappa shape index (κ3) is 9.79. The van der Waals surface area contributed by atoms with Crippen LogP contribution >= 0.6 is 0 Å². The van der Waals surface area contributed by atoms with E-state index >= 15 is 0 Å². The lowest BCUT2D eigenvalue weighted by Gasteiger charge is -2.20. The zero-order chi connectivity index (χ0) is 43.7. The second kappa shape index (κ2) is 19.1. The first kappa shape index (κ1) is 41.5. The van der Waals surface area contributed by atoms with Crippen molar-refractivity contribution in [2.45, 2.75) is 26.2 Å². The zero-order valence-electron chi connectivity index (χ0n) is 36.8. The Morgan fingerprint density at radius 3 is 1.14 bits per heavy atom. The number of hydrogen-bond acceptors (Lipinski definition) is 0. The van der Waals surface area contributed by atoms with Crippen LogP contribution in [0.15, 0.2) is 224 Å². The van der Waals surface area contributed by atoms with Crippen molar-refractivity contribution >= 4 is 58.4 Å². The van der Waals surface area contributed by atoms with Crippen molar-refractivity contribution in [2.24, 2.45) is 0 Å². The fourth-order valence-corrected chi connectivity index (χ4v) is 8.37. The lowest BCUT2D eigenvalue weighted by atomic mass is 9.85. The molecule has 64 heavy (non-hydrogen) atoms. The Hall–Kier alpha value is -7.80. The third-order valence-corrected chi connectivity index (χ3v) is 11.9. The maximum Gasteiger partial charge on any atom is -0.00990 e. The summed E-state index contributed by atoms with van der Waals surface area (Å²) in [5.41, 5.74) is 18.0. The first-order chi connectivity index (χ1) is 31.4. The van der Waals surface area contributed by atoms with Crippen LogP contribution in [0.1, 0.15) is 82.0 Å². The average molecular weight is 821 g/mol. The first-order valence-electron chi connectivity index (χ1n) is 22.2. The number of benzene rings is 9. The predicted molar refractivity (Wildman–Crippen MR) is 279 cm³/mol. The van der Waals surface area contributed by atoms with E-state index in [0.717, 1.165) is 22.3 Å². The zero-order valence-corrected chi connectivity index (χ0v) is 36.8. The smallest absolute Gasteiger partial charge is 0.00990 e. The molecule has 9 rings (SSSR count). The normalized spacial score (nSPS) is 11.5. The molecule has 0 saturated carbocycles. The summed E-state index contributed by atoms with van der Waals surface area (Å²) in [5, 5.41) is 2.46. The van der Waals surface area contributed by atoms with Gasteiger partial charge in [-0.25, -0.2) is 0 Å². The number of hydrogen-bond donors (Lipinski definition) is 0. The lowest BCUT2D eigenvalue weighted by molar-refractivity contribution is 0.590. The van der Waals surface area contributed by atoms with Crippen LogP contribution in [0.5, 0.6) is 0 Å². The minimum absolute atomic E-state index is 0.0831. The third-order valence-electron chi connectivity index (χ3n) is 11.9. The van der Waals surface area contributed by atoms with Gasteiger partial charge in [0.25, 0.3) is 0 Å². The molecular weight excluding hydrogens is 769 g/mol. The quantitative estimate of drug-likeness (QED) is 0.114. The van der Waals surface area contributed by atoms with Gasteiger partial charge in [-0.05, 0) is 118 Å². The molecule has 0 fully saturated rings. The molecule has 0 radical (unpaired) electrons. The molecule has 0 unspecified atom stereocenters. The molecule has 9 aromatic rings. The van der Waals surface area contributed by atoms with Crippen molar-refractivity contribution in [1.29, 1.82) is 0 Å². The van der Waals surface area contributed by atoms with Crippen molar-refractivity contribution < 1.29 is 0 Å². The summed E-state index contributed by atoms with van der Waals surface area (Å²) in [5.74, 6) is 0. The van der Waals surface area contributed by atoms with Crippen molar-refractivity contribution in [3.63, 3.8) is 0 Å². The second-order valence-electron chi connectivity index (χ2n) is 17.4. The predicted octanol–water partition coefficient (Wildman–Crippen LogP) is 17.3. The van der Waals surface area contributed by atoms with Crippen LogP contribution in [-0.4, -0.2) is 0 Å². The molecule has 0 aliphatic rings. The molecule has 0 N–H and O–H groups in total. The Morgan fingerprint density at radius 2 is 0.719 bits per heavy atom. The maximum absolute atomic E-state index is 2.37. The van der Waals surface area contributed by atoms with Gasteiger partial charge in [0.15, 0.2) is 0 Å². The summed E-state index contributed by atoms with van der Waals surface area (Å²) in [7, 11) is 0. The Morgan fingerprint density at radius 1 is 0.344 bits per heavy atom. The van der Waals surface area contributed by atoms with Crippen molar-refractivity contribution in [3.8, 4) is 11.1 Å². The minimum atomic E-state index is 0.0831. The highest BCUT2D eigenvalue weighted by Gasteiger charge is 2.15. The average Bonchev–Trinajstić information content (AvgIpc) is 3.35. The molecule has 0 bridgehead atoms. The fourth-order valence-electron chi connectivity index (χ4n) is 8.37. The van der Waals surface area contributed by atoms with E-state index in [1.807, 2.05) is 0 Å². The molecule has 0 aliphatic carbocycles. The van der Waals surface area contributed by atoms with Gasteiger partial charge in [0, 0.05) is 0 Å². The maximum atomic E-state index is 2.37. The Balaban J connectivity index is 1.08. The Kier molecular flexibility index (Phi) is 12.4. The van der Waals surface area contributed by atoms with Crippen molar-refractivity contribution in [3.05, 3.63) is 286 Å². The number of fused-ring (bicyclic) bond motifs is 1. The van der Waals surface area contributed by atoms with Crippen LogP contribution in [-0.2, 0) is 5.41 Å². The van der Waals surface area contributed by atoms with E-state index in [1.54, 1.807) is 0 Å². The second-order valence-corrected chi connectivity index (χ2v) is 17.4. The molecule has 9 aromatic carbocycles. The van der Waals surface area contributed by atoms with E-state index in [1.165, 1.54) is 72.0 Å². The van der Waals surface area contributed by atoms with E-state index in [9.17, 15) is 0 Å². The summed E-state index contributed by atoms with van der Waals surface area (Å²) in [6.45, 7) is 6.81. The summed E-state index contributed by atoms with van der Waals surface area (Å²) in [6, 6.07) is 80.6. The van der Waals surface area contributed by atoms with E-state index in [0.29, 0.717) is 0 Å². The van der Waals surface area contributed by atoms with E-state index in [-0.39, 0.29) is 5.41 Å². The monoisotopic (exact) mass is 820 g/mol. The van der Waals surface area contributed by atoms with E-state index in [4.69, 9.17) is 0 Å². The Labute approximate surface area is 379 Å². The van der Waals surface area contributed by atoms with Crippen molar-refractivity contribution in [2.75, 3.05) is 0 Å². The topological polar surface area (TPSA) is 0 Å². The molecule has 0 saturated heterocycles. The molecule has 0 spiro atoms. The van der Waals surface area contributed by atoms with Crippen LogP contribution in [0, 0.1) is 0 Å².